The average molecular weight is 338 g/mol. The van der Waals surface area contributed by atoms with Crippen molar-refractivity contribution in [2.24, 2.45) is 5.73 Å². The quantitative estimate of drug-likeness (QED) is 0.794. The number of hydrogen-bond acceptors (Lipinski definition) is 1. The van der Waals surface area contributed by atoms with Crippen molar-refractivity contribution >= 4 is 22.6 Å². The van der Waals surface area contributed by atoms with Gasteiger partial charge in [0.05, 0.1) is 0 Å². The van der Waals surface area contributed by atoms with Crippen LogP contribution in [-0.2, 0) is 6.42 Å². The third-order valence-corrected chi connectivity index (χ3v) is 4.11. The highest BCUT2D eigenvalue weighted by Gasteiger charge is 2.20. The van der Waals surface area contributed by atoms with Crippen molar-refractivity contribution in [3.63, 3.8) is 0 Å². The van der Waals surface area contributed by atoms with Gasteiger partial charge in [-0.3, -0.25) is 0 Å². The van der Waals surface area contributed by atoms with E-state index in [1.165, 1.54) is 26.9 Å². The zero-order chi connectivity index (χ0) is 11.8. The topological polar surface area (TPSA) is 30.9 Å². The van der Waals surface area contributed by atoms with Gasteiger partial charge in [-0.15, -0.1) is 0 Å². The molecular weight excluding hydrogens is 323 g/mol. The van der Waals surface area contributed by atoms with Crippen LogP contribution in [0.15, 0.2) is 36.5 Å². The lowest BCUT2D eigenvalue weighted by Crippen LogP contribution is -2.17. The minimum absolute atomic E-state index is 0.225. The largest absolute Gasteiger partial charge is 0.324 e. The van der Waals surface area contributed by atoms with Crippen LogP contribution in [0, 0.1) is 3.57 Å². The summed E-state index contributed by atoms with van der Waals surface area (Å²) in [6.45, 7) is 0. The highest BCUT2D eigenvalue weighted by molar-refractivity contribution is 14.1. The predicted octanol–water partition coefficient (Wildman–Crippen LogP) is 3.42. The number of hydrogen-bond donors (Lipinski definition) is 1. The fourth-order valence-corrected chi connectivity index (χ4v) is 3.12. The van der Waals surface area contributed by atoms with Crippen molar-refractivity contribution in [1.82, 2.24) is 4.57 Å². The molecule has 0 spiro atoms. The maximum Gasteiger partial charge on any atom is 0.0462 e. The summed E-state index contributed by atoms with van der Waals surface area (Å²) in [4.78, 5) is 0. The summed E-state index contributed by atoms with van der Waals surface area (Å²) >= 11 is 2.35. The second-order valence-electron chi connectivity index (χ2n) is 4.57. The Bertz CT molecular complexity index is 545. The molecule has 0 saturated carbocycles. The SMILES string of the molecule is NC1CCCc2c1ccn2-c1cccc(I)c1. The van der Waals surface area contributed by atoms with E-state index in [0.717, 1.165) is 12.8 Å². The lowest BCUT2D eigenvalue weighted by molar-refractivity contribution is 0.560. The van der Waals surface area contributed by atoms with Crippen LogP contribution in [0.2, 0.25) is 0 Å². The Hall–Kier alpha value is -0.810. The second kappa shape index (κ2) is 4.46. The van der Waals surface area contributed by atoms with E-state index in [4.69, 9.17) is 5.73 Å². The summed E-state index contributed by atoms with van der Waals surface area (Å²) in [5.74, 6) is 0. The smallest absolute Gasteiger partial charge is 0.0462 e. The molecule has 1 unspecified atom stereocenters. The summed E-state index contributed by atoms with van der Waals surface area (Å²) in [6.07, 6.45) is 5.61. The van der Waals surface area contributed by atoms with E-state index in [9.17, 15) is 0 Å². The van der Waals surface area contributed by atoms with Crippen molar-refractivity contribution in [1.29, 1.82) is 0 Å². The Morgan fingerprint density at radius 1 is 1.29 bits per heavy atom. The molecule has 2 aromatic rings. The molecule has 3 rings (SSSR count). The number of nitrogens with two attached hydrogens (primary N) is 1. The van der Waals surface area contributed by atoms with Crippen LogP contribution in [0.1, 0.15) is 30.1 Å². The molecule has 1 heterocycles. The van der Waals surface area contributed by atoms with Crippen molar-refractivity contribution < 1.29 is 0 Å². The highest BCUT2D eigenvalue weighted by atomic mass is 127. The minimum Gasteiger partial charge on any atom is -0.324 e. The Labute approximate surface area is 115 Å². The molecule has 88 valence electrons. The monoisotopic (exact) mass is 338 g/mol. The molecule has 1 atom stereocenters. The van der Waals surface area contributed by atoms with Gasteiger partial charge in [-0.2, -0.15) is 0 Å². The van der Waals surface area contributed by atoms with E-state index in [1.54, 1.807) is 0 Å². The Balaban J connectivity index is 2.10. The first-order valence-corrected chi connectivity index (χ1v) is 7.05. The summed E-state index contributed by atoms with van der Waals surface area (Å²) in [6, 6.07) is 11.0. The zero-order valence-corrected chi connectivity index (χ0v) is 11.7. The van der Waals surface area contributed by atoms with Gasteiger partial charge in [-0.05, 0) is 71.7 Å². The van der Waals surface area contributed by atoms with Crippen LogP contribution < -0.4 is 5.73 Å². The molecule has 2 N–H and O–H groups in total. The lowest BCUT2D eigenvalue weighted by Gasteiger charge is -2.21. The zero-order valence-electron chi connectivity index (χ0n) is 9.57. The second-order valence-corrected chi connectivity index (χ2v) is 5.81. The molecule has 0 amide bonds. The molecule has 0 aliphatic heterocycles. The molecule has 1 aromatic carbocycles. The molecular formula is C14H15IN2. The molecule has 0 saturated heterocycles. The van der Waals surface area contributed by atoms with Crippen molar-refractivity contribution in [2.75, 3.05) is 0 Å². The standard InChI is InChI=1S/C14H15IN2/c15-10-3-1-4-11(9-10)17-8-7-12-13(16)5-2-6-14(12)17/h1,3-4,7-9,13H,2,5-6,16H2. The van der Waals surface area contributed by atoms with Crippen molar-refractivity contribution in [2.45, 2.75) is 25.3 Å². The van der Waals surface area contributed by atoms with Crippen LogP contribution >= 0.6 is 22.6 Å². The summed E-state index contributed by atoms with van der Waals surface area (Å²) in [5.41, 5.74) is 10.1. The highest BCUT2D eigenvalue weighted by Crippen LogP contribution is 2.30. The number of aromatic nitrogens is 1. The summed E-state index contributed by atoms with van der Waals surface area (Å²) < 4.78 is 3.55. The molecule has 0 bridgehead atoms. The Morgan fingerprint density at radius 3 is 3.00 bits per heavy atom. The van der Waals surface area contributed by atoms with Gasteiger partial charge in [0.15, 0.2) is 0 Å². The van der Waals surface area contributed by atoms with Crippen LogP contribution in [0.25, 0.3) is 5.69 Å². The first-order chi connectivity index (χ1) is 8.25. The molecule has 0 fully saturated rings. The van der Waals surface area contributed by atoms with Crippen molar-refractivity contribution in [3.05, 3.63) is 51.4 Å². The molecule has 1 aliphatic carbocycles. The lowest BCUT2D eigenvalue weighted by atomic mass is 9.93. The average Bonchev–Trinajstić information content (AvgIpc) is 2.74. The molecule has 2 nitrogen and oxygen atoms in total. The van der Waals surface area contributed by atoms with E-state index in [0.29, 0.717) is 0 Å². The first-order valence-electron chi connectivity index (χ1n) is 5.97. The fourth-order valence-electron chi connectivity index (χ4n) is 2.60. The fraction of sp³-hybridized carbons (Fsp3) is 0.286. The maximum atomic E-state index is 6.15. The Kier molecular flexibility index (Phi) is 2.96. The number of rotatable bonds is 1. The van der Waals surface area contributed by atoms with E-state index >= 15 is 0 Å². The first kappa shape index (κ1) is 11.3. The van der Waals surface area contributed by atoms with Gasteiger partial charge >= 0.3 is 0 Å². The van der Waals surface area contributed by atoms with Crippen molar-refractivity contribution in [3.8, 4) is 5.69 Å². The molecule has 3 heteroatoms. The number of halogens is 1. The predicted molar refractivity (Wildman–Crippen MR) is 78.4 cm³/mol. The van der Waals surface area contributed by atoms with Gasteiger partial charge in [-0.25, -0.2) is 0 Å². The van der Waals surface area contributed by atoms with Crippen LogP contribution in [0.4, 0.5) is 0 Å². The van der Waals surface area contributed by atoms with E-state index in [2.05, 4.69) is 63.7 Å². The maximum absolute atomic E-state index is 6.15. The molecule has 17 heavy (non-hydrogen) atoms. The Morgan fingerprint density at radius 2 is 2.18 bits per heavy atom. The normalized spacial score (nSPS) is 19.1. The molecule has 1 aliphatic rings. The van der Waals surface area contributed by atoms with Gasteiger partial charge in [0.2, 0.25) is 0 Å². The van der Waals surface area contributed by atoms with Crippen LogP contribution in [0.3, 0.4) is 0 Å². The van der Waals surface area contributed by atoms with Gasteiger partial charge in [0.1, 0.15) is 0 Å². The minimum atomic E-state index is 0.225. The number of benzene rings is 1. The van der Waals surface area contributed by atoms with E-state index < -0.39 is 0 Å². The number of fused-ring (bicyclic) bond motifs is 1. The van der Waals surface area contributed by atoms with E-state index in [1.807, 2.05) is 0 Å². The van der Waals surface area contributed by atoms with E-state index in [-0.39, 0.29) is 6.04 Å². The van der Waals surface area contributed by atoms with Gasteiger partial charge in [0.25, 0.3) is 0 Å². The van der Waals surface area contributed by atoms with Gasteiger partial charge in [-0.1, -0.05) is 6.07 Å². The third kappa shape index (κ3) is 2.02. The van der Waals surface area contributed by atoms with Crippen LogP contribution in [0.5, 0.6) is 0 Å². The summed E-state index contributed by atoms with van der Waals surface area (Å²) in [7, 11) is 0. The number of nitrogens with zero attached hydrogens (tertiary/aromatic N) is 1. The van der Waals surface area contributed by atoms with Gasteiger partial charge < -0.3 is 10.3 Å². The van der Waals surface area contributed by atoms with Crippen LogP contribution in [-0.4, -0.2) is 4.57 Å². The molecule has 1 aromatic heterocycles. The van der Waals surface area contributed by atoms with Gasteiger partial charge in [0, 0.05) is 27.2 Å². The molecule has 0 radical (unpaired) electrons. The summed E-state index contributed by atoms with van der Waals surface area (Å²) in [5, 5.41) is 0. The third-order valence-electron chi connectivity index (χ3n) is 3.44.